The SMILES string of the molecule is Cc1ccccc1C(=O)N1CCc2cc(-c3nc(NC(=O)Cc4cccc(OCCOCCOCCOCCNC(=O)OC(C)(C)C)c4)sc3C)ccc21. The maximum absolute atomic E-state index is 13.3. The number of rotatable bonds is 18. The van der Waals surface area contributed by atoms with Gasteiger partial charge in [0.2, 0.25) is 5.91 Å². The third-order valence-electron chi connectivity index (χ3n) is 8.33. The molecule has 0 bridgehead atoms. The molecule has 1 aliphatic heterocycles. The molecule has 1 aliphatic rings. The lowest BCUT2D eigenvalue weighted by Crippen LogP contribution is -2.34. The largest absolute Gasteiger partial charge is 0.491 e. The van der Waals surface area contributed by atoms with Crippen LogP contribution in [0.4, 0.5) is 15.6 Å². The van der Waals surface area contributed by atoms with Crippen molar-refractivity contribution in [3.8, 4) is 17.0 Å². The summed E-state index contributed by atoms with van der Waals surface area (Å²) >= 11 is 1.44. The van der Waals surface area contributed by atoms with Crippen molar-refractivity contribution >= 4 is 40.1 Å². The Kier molecular flexibility index (Phi) is 14.6. The Morgan fingerprint density at radius 1 is 0.852 bits per heavy atom. The van der Waals surface area contributed by atoms with Crippen LogP contribution in [0.2, 0.25) is 0 Å². The van der Waals surface area contributed by atoms with Crippen LogP contribution in [-0.2, 0) is 36.6 Å². The van der Waals surface area contributed by atoms with Gasteiger partial charge in [-0.15, -0.1) is 11.3 Å². The Balaban J connectivity index is 0.981. The van der Waals surface area contributed by atoms with E-state index in [0.29, 0.717) is 70.2 Å². The summed E-state index contributed by atoms with van der Waals surface area (Å²) in [6.07, 6.45) is 0.481. The molecule has 12 nitrogen and oxygen atoms in total. The Bertz CT molecular complexity index is 1890. The summed E-state index contributed by atoms with van der Waals surface area (Å²) in [5, 5.41) is 6.13. The number of ether oxygens (including phenoxy) is 5. The summed E-state index contributed by atoms with van der Waals surface area (Å²) in [5.41, 5.74) is 5.79. The van der Waals surface area contributed by atoms with Crippen LogP contribution in [0.25, 0.3) is 11.3 Å². The fourth-order valence-corrected chi connectivity index (χ4v) is 6.68. The zero-order valence-corrected chi connectivity index (χ0v) is 32.5. The van der Waals surface area contributed by atoms with Gasteiger partial charge in [0.15, 0.2) is 5.13 Å². The number of aromatic nitrogens is 1. The second-order valence-electron chi connectivity index (χ2n) is 13.8. The topological polar surface area (TPSA) is 138 Å². The number of nitrogens with zero attached hydrogens (tertiary/aromatic N) is 2. The summed E-state index contributed by atoms with van der Waals surface area (Å²) in [7, 11) is 0. The van der Waals surface area contributed by atoms with Gasteiger partial charge >= 0.3 is 6.09 Å². The van der Waals surface area contributed by atoms with Crippen molar-refractivity contribution in [2.75, 3.05) is 69.6 Å². The first-order valence-electron chi connectivity index (χ1n) is 18.2. The number of hydrogen-bond donors (Lipinski definition) is 2. The highest BCUT2D eigenvalue weighted by molar-refractivity contribution is 7.16. The predicted molar refractivity (Wildman–Crippen MR) is 210 cm³/mol. The van der Waals surface area contributed by atoms with Crippen molar-refractivity contribution in [2.45, 2.75) is 53.1 Å². The van der Waals surface area contributed by atoms with Crippen molar-refractivity contribution in [1.82, 2.24) is 10.3 Å². The molecule has 54 heavy (non-hydrogen) atoms. The van der Waals surface area contributed by atoms with Crippen molar-refractivity contribution in [3.63, 3.8) is 0 Å². The molecule has 0 atom stereocenters. The average molecular weight is 759 g/mol. The number of fused-ring (bicyclic) bond motifs is 1. The second-order valence-corrected chi connectivity index (χ2v) is 15.0. The average Bonchev–Trinajstić information content (AvgIpc) is 3.71. The van der Waals surface area contributed by atoms with Crippen molar-refractivity contribution in [3.05, 3.63) is 93.9 Å². The molecule has 2 heterocycles. The van der Waals surface area contributed by atoms with E-state index >= 15 is 0 Å². The van der Waals surface area contributed by atoms with Gasteiger partial charge in [-0.25, -0.2) is 9.78 Å². The van der Waals surface area contributed by atoms with Crippen LogP contribution in [0, 0.1) is 13.8 Å². The second kappa shape index (κ2) is 19.5. The smallest absolute Gasteiger partial charge is 0.407 e. The van der Waals surface area contributed by atoms with E-state index in [2.05, 4.69) is 16.7 Å². The minimum Gasteiger partial charge on any atom is -0.491 e. The van der Waals surface area contributed by atoms with Gasteiger partial charge in [0.25, 0.3) is 5.91 Å². The molecule has 1 aromatic heterocycles. The molecule has 4 aromatic rings. The van der Waals surface area contributed by atoms with Crippen LogP contribution in [0.3, 0.4) is 0 Å². The molecular formula is C41H50N4O8S. The maximum Gasteiger partial charge on any atom is 0.407 e. The van der Waals surface area contributed by atoms with E-state index in [1.807, 2.05) is 100 Å². The number of anilines is 2. The first-order valence-corrected chi connectivity index (χ1v) is 19.0. The van der Waals surface area contributed by atoms with Gasteiger partial charge in [0, 0.05) is 34.8 Å². The van der Waals surface area contributed by atoms with E-state index in [0.717, 1.165) is 50.5 Å². The zero-order valence-electron chi connectivity index (χ0n) is 31.7. The van der Waals surface area contributed by atoms with E-state index in [1.165, 1.54) is 11.3 Å². The fourth-order valence-electron chi connectivity index (χ4n) is 5.83. The molecule has 0 aliphatic carbocycles. The monoisotopic (exact) mass is 758 g/mol. The molecule has 0 saturated carbocycles. The standard InChI is InChI=1S/C41H50N4O8S/c1-28-9-6-7-12-34(28)38(47)45-17-15-31-27-32(13-14-35(31)45)37-29(2)54-39(44-37)43-36(46)26-30-10-8-11-33(25-30)52-24-23-51-22-21-50-20-19-49-18-16-42-40(48)53-41(3,4)5/h6-14,25,27H,15-24,26H2,1-5H3,(H,42,48)(H,43,44,46). The zero-order chi connectivity index (χ0) is 38.5. The van der Waals surface area contributed by atoms with Gasteiger partial charge < -0.3 is 39.2 Å². The van der Waals surface area contributed by atoms with Gasteiger partial charge in [-0.05, 0) is 88.1 Å². The Morgan fingerprint density at radius 3 is 2.31 bits per heavy atom. The normalized spacial score (nSPS) is 12.4. The van der Waals surface area contributed by atoms with Gasteiger partial charge in [0.05, 0.1) is 51.8 Å². The van der Waals surface area contributed by atoms with Gasteiger partial charge in [0.1, 0.15) is 18.0 Å². The third-order valence-corrected chi connectivity index (χ3v) is 9.22. The molecular weight excluding hydrogens is 709 g/mol. The summed E-state index contributed by atoms with van der Waals surface area (Å²) < 4.78 is 27.5. The van der Waals surface area contributed by atoms with Crippen LogP contribution >= 0.6 is 11.3 Å². The summed E-state index contributed by atoms with van der Waals surface area (Å²) in [6.45, 7) is 13.2. The minimum absolute atomic E-state index is 0.0156. The number of alkyl carbamates (subject to hydrolysis) is 1. The first kappa shape index (κ1) is 40.4. The van der Waals surface area contributed by atoms with Crippen LogP contribution in [-0.4, -0.2) is 87.8 Å². The highest BCUT2D eigenvalue weighted by atomic mass is 32.1. The maximum atomic E-state index is 13.3. The molecule has 0 saturated heterocycles. The quantitative estimate of drug-likeness (QED) is 0.105. The van der Waals surface area contributed by atoms with Gasteiger partial charge in [-0.1, -0.05) is 36.4 Å². The van der Waals surface area contributed by atoms with Crippen LogP contribution < -0.4 is 20.3 Å². The Labute approximate surface area is 321 Å². The number of benzene rings is 3. The highest BCUT2D eigenvalue weighted by Crippen LogP contribution is 2.36. The van der Waals surface area contributed by atoms with Gasteiger partial charge in [-0.3, -0.25) is 9.59 Å². The molecule has 3 aromatic carbocycles. The van der Waals surface area contributed by atoms with Crippen LogP contribution in [0.1, 0.15) is 52.7 Å². The molecule has 3 amide bonds. The molecule has 13 heteroatoms. The van der Waals surface area contributed by atoms with Crippen LogP contribution in [0.15, 0.2) is 66.7 Å². The fraction of sp³-hybridized carbons (Fsp3) is 0.415. The highest BCUT2D eigenvalue weighted by Gasteiger charge is 2.27. The lowest BCUT2D eigenvalue weighted by Gasteiger charge is -2.19. The van der Waals surface area contributed by atoms with E-state index in [1.54, 1.807) is 0 Å². The third kappa shape index (κ3) is 12.1. The van der Waals surface area contributed by atoms with E-state index in [9.17, 15) is 14.4 Å². The molecule has 0 radical (unpaired) electrons. The molecule has 288 valence electrons. The number of carbonyl (C=O) groups excluding carboxylic acids is 3. The first-order chi connectivity index (χ1) is 26.0. The summed E-state index contributed by atoms with van der Waals surface area (Å²) in [5.74, 6) is 0.501. The summed E-state index contributed by atoms with van der Waals surface area (Å²) in [4.78, 5) is 45.5. The van der Waals surface area contributed by atoms with Crippen molar-refractivity contribution < 1.29 is 38.1 Å². The summed E-state index contributed by atoms with van der Waals surface area (Å²) in [6, 6.07) is 21.2. The number of thiazole rings is 1. The van der Waals surface area contributed by atoms with E-state index in [-0.39, 0.29) is 18.2 Å². The van der Waals surface area contributed by atoms with E-state index in [4.69, 9.17) is 28.7 Å². The Morgan fingerprint density at radius 2 is 1.57 bits per heavy atom. The lowest BCUT2D eigenvalue weighted by molar-refractivity contribution is -0.115. The number of nitrogens with one attached hydrogen (secondary N) is 2. The van der Waals surface area contributed by atoms with Crippen molar-refractivity contribution in [2.24, 2.45) is 0 Å². The minimum atomic E-state index is -0.530. The van der Waals surface area contributed by atoms with Crippen molar-refractivity contribution in [1.29, 1.82) is 0 Å². The Hall–Kier alpha value is -4.82. The number of carbonyl (C=O) groups is 3. The molecule has 5 rings (SSSR count). The lowest BCUT2D eigenvalue weighted by atomic mass is 10.0. The predicted octanol–water partition coefficient (Wildman–Crippen LogP) is 6.76. The van der Waals surface area contributed by atoms with E-state index < -0.39 is 11.7 Å². The number of amides is 3. The molecule has 0 fully saturated rings. The van der Waals surface area contributed by atoms with Gasteiger partial charge in [-0.2, -0.15) is 0 Å². The number of hydrogen-bond acceptors (Lipinski definition) is 10. The molecule has 0 spiro atoms. The molecule has 2 N–H and O–H groups in total. The molecule has 0 unspecified atom stereocenters. The number of aryl methyl sites for hydroxylation is 2. The van der Waals surface area contributed by atoms with Crippen LogP contribution in [0.5, 0.6) is 5.75 Å².